The van der Waals surface area contributed by atoms with Crippen LogP contribution in [0.4, 0.5) is 0 Å². The molecule has 0 radical (unpaired) electrons. The van der Waals surface area contributed by atoms with E-state index in [4.69, 9.17) is 4.42 Å². The minimum atomic E-state index is -0.201. The molecule has 1 amide bonds. The first-order valence-corrected chi connectivity index (χ1v) is 8.95. The number of aromatic nitrogens is 3. The lowest BCUT2D eigenvalue weighted by Gasteiger charge is -2.29. The molecule has 7 nitrogen and oxygen atoms in total. The Kier molecular flexibility index (Phi) is 4.15. The van der Waals surface area contributed by atoms with Crippen molar-refractivity contribution in [1.29, 1.82) is 0 Å². The quantitative estimate of drug-likeness (QED) is 0.921. The second-order valence-corrected chi connectivity index (χ2v) is 6.98. The topological polar surface area (TPSA) is 90.0 Å². The molecule has 2 heterocycles. The molecule has 7 heteroatoms. The highest BCUT2D eigenvalue weighted by atomic mass is 16.3. The van der Waals surface area contributed by atoms with Gasteiger partial charge in [-0.2, -0.15) is 5.10 Å². The van der Waals surface area contributed by atoms with Crippen molar-refractivity contribution in [1.82, 2.24) is 20.1 Å². The molecular formula is C18H22N4O3. The zero-order valence-corrected chi connectivity index (χ0v) is 14.3. The molecule has 0 atom stereocenters. The van der Waals surface area contributed by atoms with Gasteiger partial charge < -0.3 is 9.73 Å². The van der Waals surface area contributed by atoms with E-state index in [2.05, 4.69) is 15.4 Å². The number of amides is 1. The fourth-order valence-corrected chi connectivity index (χ4v) is 3.87. The van der Waals surface area contributed by atoms with Gasteiger partial charge in [0.15, 0.2) is 11.6 Å². The molecule has 4 rings (SSSR count). The molecule has 2 aromatic rings. The van der Waals surface area contributed by atoms with Crippen molar-refractivity contribution in [2.45, 2.75) is 64.0 Å². The number of nitrogens with one attached hydrogen (secondary N) is 1. The van der Waals surface area contributed by atoms with E-state index in [0.29, 0.717) is 11.6 Å². The van der Waals surface area contributed by atoms with Gasteiger partial charge in [-0.15, -0.1) is 0 Å². The van der Waals surface area contributed by atoms with Crippen LogP contribution in [0, 0.1) is 6.92 Å². The lowest BCUT2D eigenvalue weighted by Crippen LogP contribution is -2.39. The largest absolute Gasteiger partial charge is 0.448 e. The summed E-state index contributed by atoms with van der Waals surface area (Å²) in [6, 6.07) is 1.99. The van der Waals surface area contributed by atoms with Crippen molar-refractivity contribution in [3.05, 3.63) is 45.5 Å². The van der Waals surface area contributed by atoms with Crippen LogP contribution < -0.4 is 10.9 Å². The molecule has 0 spiro atoms. The van der Waals surface area contributed by atoms with Crippen LogP contribution in [-0.4, -0.2) is 26.7 Å². The molecule has 0 bridgehead atoms. The number of rotatable bonds is 3. The average molecular weight is 342 g/mol. The summed E-state index contributed by atoms with van der Waals surface area (Å²) in [4.78, 5) is 28.5. The van der Waals surface area contributed by atoms with Crippen molar-refractivity contribution in [3.8, 4) is 0 Å². The number of hydrogen-bond donors (Lipinski definition) is 1. The third-order valence-corrected chi connectivity index (χ3v) is 5.21. The molecule has 0 saturated heterocycles. The first-order chi connectivity index (χ1) is 12.1. The second-order valence-electron chi connectivity index (χ2n) is 6.98. The van der Waals surface area contributed by atoms with Gasteiger partial charge >= 0.3 is 0 Å². The summed E-state index contributed by atoms with van der Waals surface area (Å²) in [5, 5.41) is 7.61. The summed E-state index contributed by atoms with van der Waals surface area (Å²) in [5.74, 6) is 0.282. The Hall–Kier alpha value is -2.44. The first kappa shape index (κ1) is 16.1. The Labute approximate surface area is 145 Å². The van der Waals surface area contributed by atoms with E-state index in [-0.39, 0.29) is 23.6 Å². The third kappa shape index (κ3) is 3.23. The summed E-state index contributed by atoms with van der Waals surface area (Å²) in [6.07, 6.45) is 7.76. The average Bonchev–Trinajstić information content (AvgIpc) is 3.23. The van der Waals surface area contributed by atoms with Crippen LogP contribution in [0.15, 0.2) is 21.5 Å². The van der Waals surface area contributed by atoms with Crippen molar-refractivity contribution in [3.63, 3.8) is 0 Å². The van der Waals surface area contributed by atoms with Crippen molar-refractivity contribution in [2.75, 3.05) is 0 Å². The fraction of sp³-hybridized carbons (Fsp3) is 0.556. The van der Waals surface area contributed by atoms with Crippen LogP contribution in [0.2, 0.25) is 0 Å². The molecule has 25 heavy (non-hydrogen) atoms. The Bertz CT molecular complexity index is 846. The zero-order valence-electron chi connectivity index (χ0n) is 14.3. The normalized spacial score (nSPS) is 22.6. The fourth-order valence-electron chi connectivity index (χ4n) is 3.87. The standard InChI is InChI=1S/C18H22N4O3/c1-11-19-16(10-25-11)18(24)20-13-5-7-14(8-6-13)22-17(23)9-12-3-2-4-15(12)21-22/h9-10,13-14H,2-8H2,1H3,(H,20,24). The smallest absolute Gasteiger partial charge is 0.273 e. The molecule has 132 valence electrons. The SMILES string of the molecule is Cc1nc(C(=O)NC2CCC(n3nc4c(cc3=O)CCC4)CC2)co1. The van der Waals surface area contributed by atoms with Crippen molar-refractivity contribution < 1.29 is 9.21 Å². The van der Waals surface area contributed by atoms with Gasteiger partial charge in [0, 0.05) is 19.0 Å². The highest BCUT2D eigenvalue weighted by molar-refractivity contribution is 5.92. The Morgan fingerprint density at radius 1 is 1.28 bits per heavy atom. The molecule has 0 unspecified atom stereocenters. The van der Waals surface area contributed by atoms with Crippen LogP contribution in [-0.2, 0) is 12.8 Å². The Balaban J connectivity index is 1.39. The summed E-state index contributed by atoms with van der Waals surface area (Å²) in [7, 11) is 0. The second kappa shape index (κ2) is 6.46. The van der Waals surface area contributed by atoms with Gasteiger partial charge in [-0.05, 0) is 50.5 Å². The molecule has 2 aromatic heterocycles. The third-order valence-electron chi connectivity index (χ3n) is 5.21. The molecule has 1 fully saturated rings. The van der Waals surface area contributed by atoms with Gasteiger partial charge in [-0.1, -0.05) is 0 Å². The van der Waals surface area contributed by atoms with Gasteiger partial charge in [0.2, 0.25) is 0 Å². The maximum absolute atomic E-state index is 12.3. The lowest BCUT2D eigenvalue weighted by atomic mass is 9.91. The number of nitrogens with zero attached hydrogens (tertiary/aromatic N) is 3. The summed E-state index contributed by atoms with van der Waals surface area (Å²) in [6.45, 7) is 1.71. The Morgan fingerprint density at radius 2 is 2.08 bits per heavy atom. The van der Waals surface area contributed by atoms with Gasteiger partial charge in [-0.25, -0.2) is 9.67 Å². The first-order valence-electron chi connectivity index (χ1n) is 8.95. The maximum atomic E-state index is 12.3. The minimum Gasteiger partial charge on any atom is -0.448 e. The Morgan fingerprint density at radius 3 is 2.80 bits per heavy atom. The highest BCUT2D eigenvalue weighted by Crippen LogP contribution is 2.28. The van der Waals surface area contributed by atoms with Crippen LogP contribution in [0.1, 0.15) is 65.8 Å². The van der Waals surface area contributed by atoms with E-state index in [1.165, 1.54) is 6.26 Å². The predicted octanol–water partition coefficient (Wildman–Crippen LogP) is 1.94. The van der Waals surface area contributed by atoms with Crippen LogP contribution in [0.3, 0.4) is 0 Å². The monoisotopic (exact) mass is 342 g/mol. The van der Waals surface area contributed by atoms with E-state index in [0.717, 1.165) is 56.2 Å². The highest BCUT2D eigenvalue weighted by Gasteiger charge is 2.27. The van der Waals surface area contributed by atoms with E-state index in [9.17, 15) is 9.59 Å². The number of fused-ring (bicyclic) bond motifs is 1. The number of oxazole rings is 1. The molecule has 2 aliphatic rings. The summed E-state index contributed by atoms with van der Waals surface area (Å²) >= 11 is 0. The number of hydrogen-bond acceptors (Lipinski definition) is 5. The van der Waals surface area contributed by atoms with Crippen molar-refractivity contribution in [2.24, 2.45) is 0 Å². The van der Waals surface area contributed by atoms with E-state index < -0.39 is 0 Å². The number of aryl methyl sites for hydroxylation is 3. The van der Waals surface area contributed by atoms with Gasteiger partial charge in [-0.3, -0.25) is 9.59 Å². The molecular weight excluding hydrogens is 320 g/mol. The minimum absolute atomic E-state index is 0.00575. The molecule has 2 aliphatic carbocycles. The van der Waals surface area contributed by atoms with Gasteiger partial charge in [0.05, 0.1) is 11.7 Å². The lowest BCUT2D eigenvalue weighted by molar-refractivity contribution is 0.0916. The molecule has 0 aliphatic heterocycles. The maximum Gasteiger partial charge on any atom is 0.273 e. The molecule has 0 aromatic carbocycles. The summed E-state index contributed by atoms with van der Waals surface area (Å²) < 4.78 is 6.75. The van der Waals surface area contributed by atoms with E-state index in [1.807, 2.05) is 0 Å². The van der Waals surface area contributed by atoms with Crippen LogP contribution in [0.25, 0.3) is 0 Å². The zero-order chi connectivity index (χ0) is 17.4. The van der Waals surface area contributed by atoms with E-state index >= 15 is 0 Å². The number of carbonyl (C=O) groups excluding carboxylic acids is 1. The van der Waals surface area contributed by atoms with E-state index in [1.54, 1.807) is 17.7 Å². The van der Waals surface area contributed by atoms with Gasteiger partial charge in [0.1, 0.15) is 6.26 Å². The predicted molar refractivity (Wildman–Crippen MR) is 90.5 cm³/mol. The van der Waals surface area contributed by atoms with Gasteiger partial charge in [0.25, 0.3) is 11.5 Å². The molecule has 1 N–H and O–H groups in total. The van der Waals surface area contributed by atoms with Crippen LogP contribution in [0.5, 0.6) is 0 Å². The summed E-state index contributed by atoms with van der Waals surface area (Å²) in [5.41, 5.74) is 2.52. The molecule has 1 saturated carbocycles. The number of carbonyl (C=O) groups is 1. The van der Waals surface area contributed by atoms with Crippen molar-refractivity contribution >= 4 is 5.91 Å². The van der Waals surface area contributed by atoms with Crippen LogP contribution >= 0.6 is 0 Å².